The van der Waals surface area contributed by atoms with Gasteiger partial charge in [-0.25, -0.2) is 23.7 Å². The number of hydrogen-bond donors (Lipinski definition) is 2. The summed E-state index contributed by atoms with van der Waals surface area (Å²) in [6.07, 6.45) is -0.826. The first-order valence-corrected chi connectivity index (χ1v) is 12.4. The van der Waals surface area contributed by atoms with Gasteiger partial charge in [-0.1, -0.05) is 24.3 Å². The second-order valence-electron chi connectivity index (χ2n) is 7.68. The number of sulfonamides is 1. The van der Waals surface area contributed by atoms with Crippen LogP contribution in [0.5, 0.6) is 17.4 Å². The molecule has 0 saturated heterocycles. The number of fused-ring (bicyclic) bond motifs is 1. The van der Waals surface area contributed by atoms with E-state index in [1.807, 2.05) is 12.1 Å². The van der Waals surface area contributed by atoms with Crippen LogP contribution >= 0.6 is 0 Å². The van der Waals surface area contributed by atoms with Crippen LogP contribution < -0.4 is 15.0 Å². The highest BCUT2D eigenvalue weighted by Crippen LogP contribution is 2.35. The SMILES string of the molecule is COCCOc1ccc(Oc2ccc(S(=O)(=O)N3CCc4ccccc4[C@H]3OC(=O)NO)cn2)cc1. The molecule has 2 N–H and O–H groups in total. The average Bonchev–Trinajstić information content (AvgIpc) is 2.90. The number of rotatable bonds is 9. The molecule has 0 bridgehead atoms. The Balaban J connectivity index is 1.50. The van der Waals surface area contributed by atoms with E-state index in [1.54, 1.807) is 43.5 Å². The van der Waals surface area contributed by atoms with Gasteiger partial charge in [0, 0.05) is 25.3 Å². The minimum Gasteiger partial charge on any atom is -0.491 e. The first kappa shape index (κ1) is 25.4. The van der Waals surface area contributed by atoms with E-state index in [-0.39, 0.29) is 17.3 Å². The van der Waals surface area contributed by atoms with Gasteiger partial charge in [0.15, 0.2) is 6.23 Å². The molecule has 0 aliphatic carbocycles. The number of hydroxylamine groups is 1. The molecule has 2 heterocycles. The molecule has 3 aromatic rings. The molecule has 0 radical (unpaired) electrons. The van der Waals surface area contributed by atoms with Gasteiger partial charge in [0.2, 0.25) is 15.9 Å². The number of nitrogens with zero attached hydrogens (tertiary/aromatic N) is 2. The molecule has 1 atom stereocenters. The van der Waals surface area contributed by atoms with E-state index in [1.165, 1.54) is 23.8 Å². The first-order chi connectivity index (χ1) is 17.4. The summed E-state index contributed by atoms with van der Waals surface area (Å²) in [5.41, 5.74) is 2.73. The van der Waals surface area contributed by atoms with Gasteiger partial charge in [0.05, 0.1) is 12.8 Å². The summed E-state index contributed by atoms with van der Waals surface area (Å²) in [5, 5.41) is 8.91. The molecule has 1 amide bonds. The van der Waals surface area contributed by atoms with Crippen LogP contribution in [0, 0.1) is 0 Å². The number of nitrogens with one attached hydrogen (secondary N) is 1. The third-order valence-corrected chi connectivity index (χ3v) is 7.24. The molecular formula is C24H25N3O8S. The third kappa shape index (κ3) is 5.74. The van der Waals surface area contributed by atoms with Crippen LogP contribution in [-0.2, 0) is 25.9 Å². The number of carbonyl (C=O) groups is 1. The zero-order chi connectivity index (χ0) is 25.5. The zero-order valence-electron chi connectivity index (χ0n) is 19.4. The van der Waals surface area contributed by atoms with Crippen molar-refractivity contribution in [2.24, 2.45) is 0 Å². The molecule has 36 heavy (non-hydrogen) atoms. The number of aromatic nitrogens is 1. The molecule has 0 spiro atoms. The summed E-state index contributed by atoms with van der Waals surface area (Å²) in [7, 11) is -2.52. The molecule has 190 valence electrons. The monoisotopic (exact) mass is 515 g/mol. The summed E-state index contributed by atoms with van der Waals surface area (Å²) >= 11 is 0. The van der Waals surface area contributed by atoms with Gasteiger partial charge in [-0.3, -0.25) is 5.21 Å². The number of carbonyl (C=O) groups excluding carboxylic acids is 1. The number of benzene rings is 2. The van der Waals surface area contributed by atoms with Crippen molar-refractivity contribution in [2.75, 3.05) is 26.9 Å². The van der Waals surface area contributed by atoms with E-state index in [0.717, 1.165) is 9.87 Å². The van der Waals surface area contributed by atoms with Crippen LogP contribution in [0.15, 0.2) is 71.8 Å². The van der Waals surface area contributed by atoms with Crippen LogP contribution in [-0.4, -0.2) is 55.9 Å². The predicted molar refractivity (Wildman–Crippen MR) is 126 cm³/mol. The topological polar surface area (TPSA) is 137 Å². The summed E-state index contributed by atoms with van der Waals surface area (Å²) in [6, 6.07) is 16.7. The summed E-state index contributed by atoms with van der Waals surface area (Å²) < 4.78 is 49.3. The van der Waals surface area contributed by atoms with Crippen molar-refractivity contribution in [1.82, 2.24) is 14.8 Å². The van der Waals surface area contributed by atoms with Crippen LogP contribution in [0.2, 0.25) is 0 Å². The molecule has 12 heteroatoms. The maximum atomic E-state index is 13.4. The summed E-state index contributed by atoms with van der Waals surface area (Å²) in [5.74, 6) is 1.34. The van der Waals surface area contributed by atoms with E-state index in [4.69, 9.17) is 24.2 Å². The average molecular weight is 516 g/mol. The van der Waals surface area contributed by atoms with Gasteiger partial charge >= 0.3 is 6.09 Å². The highest BCUT2D eigenvalue weighted by Gasteiger charge is 2.39. The normalized spacial score (nSPS) is 15.6. The van der Waals surface area contributed by atoms with Crippen LogP contribution in [0.1, 0.15) is 17.4 Å². The predicted octanol–water partition coefficient (Wildman–Crippen LogP) is 3.26. The minimum absolute atomic E-state index is 0.0692. The quantitative estimate of drug-likeness (QED) is 0.250. The van der Waals surface area contributed by atoms with Crippen molar-refractivity contribution in [1.29, 1.82) is 0 Å². The molecule has 0 unspecified atom stereocenters. The molecule has 11 nitrogen and oxygen atoms in total. The standard InChI is InChI=1S/C24H25N3O8S/c1-32-14-15-33-18-6-8-19(9-7-18)34-22-11-10-20(16-25-22)36(30,31)27-13-12-17-4-2-3-5-21(17)23(27)35-24(28)26-29/h2-11,16,23,29H,12-15H2,1H3,(H,26,28)/t23-/m1/s1. The summed E-state index contributed by atoms with van der Waals surface area (Å²) in [6.45, 7) is 0.968. The number of methoxy groups -OCH3 is 1. The van der Waals surface area contributed by atoms with Crippen molar-refractivity contribution < 1.29 is 37.4 Å². The van der Waals surface area contributed by atoms with Gasteiger partial charge in [-0.05, 0) is 42.3 Å². The fourth-order valence-corrected chi connectivity index (χ4v) is 5.12. The Morgan fingerprint density at radius 3 is 2.53 bits per heavy atom. The van der Waals surface area contributed by atoms with Crippen LogP contribution in [0.4, 0.5) is 4.79 Å². The maximum absolute atomic E-state index is 13.4. The Morgan fingerprint density at radius 2 is 1.83 bits per heavy atom. The lowest BCUT2D eigenvalue weighted by molar-refractivity contribution is 0.00235. The molecule has 0 saturated carbocycles. The number of amides is 1. The lowest BCUT2D eigenvalue weighted by Gasteiger charge is -2.35. The molecule has 1 aliphatic rings. The van der Waals surface area contributed by atoms with E-state index >= 15 is 0 Å². The summed E-state index contributed by atoms with van der Waals surface area (Å²) in [4.78, 5) is 15.8. The fourth-order valence-electron chi connectivity index (χ4n) is 3.68. The lowest BCUT2D eigenvalue weighted by Crippen LogP contribution is -2.43. The molecule has 2 aromatic carbocycles. The Morgan fingerprint density at radius 1 is 1.08 bits per heavy atom. The fraction of sp³-hybridized carbons (Fsp3) is 0.250. The maximum Gasteiger partial charge on any atom is 0.432 e. The smallest absolute Gasteiger partial charge is 0.432 e. The second-order valence-corrected chi connectivity index (χ2v) is 9.57. The number of hydrogen-bond acceptors (Lipinski definition) is 9. The van der Waals surface area contributed by atoms with Crippen molar-refractivity contribution in [3.63, 3.8) is 0 Å². The van der Waals surface area contributed by atoms with Crippen molar-refractivity contribution in [2.45, 2.75) is 17.5 Å². The zero-order valence-corrected chi connectivity index (χ0v) is 20.2. The van der Waals surface area contributed by atoms with Crippen molar-refractivity contribution >= 4 is 16.1 Å². The highest BCUT2D eigenvalue weighted by atomic mass is 32.2. The Labute approximate surface area is 208 Å². The van der Waals surface area contributed by atoms with Gasteiger partial charge in [0.25, 0.3) is 0 Å². The van der Waals surface area contributed by atoms with E-state index in [0.29, 0.717) is 36.7 Å². The minimum atomic E-state index is -4.11. The van der Waals surface area contributed by atoms with Gasteiger partial charge in [-0.15, -0.1) is 0 Å². The second kappa shape index (κ2) is 11.4. The number of ether oxygens (including phenoxy) is 4. The van der Waals surface area contributed by atoms with Crippen LogP contribution in [0.25, 0.3) is 0 Å². The largest absolute Gasteiger partial charge is 0.491 e. The Hall–Kier alpha value is -3.71. The van der Waals surface area contributed by atoms with E-state index in [9.17, 15) is 13.2 Å². The molecule has 1 aliphatic heterocycles. The molecular weight excluding hydrogens is 490 g/mol. The van der Waals surface area contributed by atoms with Gasteiger partial charge < -0.3 is 18.9 Å². The molecule has 0 fully saturated rings. The molecule has 4 rings (SSSR count). The Kier molecular flexibility index (Phi) is 8.00. The van der Waals surface area contributed by atoms with Crippen molar-refractivity contribution in [3.8, 4) is 17.4 Å². The first-order valence-electron chi connectivity index (χ1n) is 11.0. The third-order valence-electron chi connectivity index (χ3n) is 5.41. The van der Waals surface area contributed by atoms with Crippen LogP contribution in [0.3, 0.4) is 0 Å². The lowest BCUT2D eigenvalue weighted by atomic mass is 10.00. The number of pyridine rings is 1. The molecule has 1 aromatic heterocycles. The van der Waals surface area contributed by atoms with E-state index in [2.05, 4.69) is 4.98 Å². The highest BCUT2D eigenvalue weighted by molar-refractivity contribution is 7.89. The Bertz CT molecular complexity index is 1280. The van der Waals surface area contributed by atoms with Gasteiger partial charge in [-0.2, -0.15) is 4.31 Å². The van der Waals surface area contributed by atoms with Crippen molar-refractivity contribution in [3.05, 3.63) is 78.0 Å². The van der Waals surface area contributed by atoms with Gasteiger partial charge in [0.1, 0.15) is 23.0 Å². The van der Waals surface area contributed by atoms with E-state index < -0.39 is 22.3 Å².